The van der Waals surface area contributed by atoms with E-state index in [1.807, 2.05) is 0 Å². The maximum absolute atomic E-state index is 12.6. The van der Waals surface area contributed by atoms with Crippen LogP contribution in [-0.4, -0.2) is 42.7 Å². The number of carbonyl (C=O) groups is 3. The van der Waals surface area contributed by atoms with E-state index in [1.165, 1.54) is 26.6 Å². The normalized spacial score (nSPS) is 15.1. The molecule has 0 bridgehead atoms. The summed E-state index contributed by atoms with van der Waals surface area (Å²) in [5, 5.41) is 2.39. The fourth-order valence-electron chi connectivity index (χ4n) is 2.57. The fourth-order valence-corrected chi connectivity index (χ4v) is 3.65. The minimum absolute atomic E-state index is 0.161. The first-order chi connectivity index (χ1) is 13.9. The van der Waals surface area contributed by atoms with Crippen LogP contribution in [0.4, 0.5) is 4.79 Å². The summed E-state index contributed by atoms with van der Waals surface area (Å²) in [6.45, 7) is -0.220. The summed E-state index contributed by atoms with van der Waals surface area (Å²) in [7, 11) is 2.94. The number of imide groups is 1. The molecule has 1 N–H and O–H groups in total. The van der Waals surface area contributed by atoms with E-state index in [0.717, 1.165) is 16.7 Å². The predicted molar refractivity (Wildman–Crippen MR) is 108 cm³/mol. The summed E-state index contributed by atoms with van der Waals surface area (Å²) in [5.74, 6) is 0.365. The Labute approximate surface area is 175 Å². The highest BCUT2D eigenvalue weighted by Crippen LogP contribution is 2.37. The number of furan rings is 1. The molecular weight excluding hydrogens is 420 g/mol. The van der Waals surface area contributed by atoms with Crippen LogP contribution in [0.1, 0.15) is 11.3 Å². The number of methoxy groups -OCH3 is 2. The Bertz CT molecular complexity index is 973. The van der Waals surface area contributed by atoms with Crippen LogP contribution < -0.4 is 14.8 Å². The van der Waals surface area contributed by atoms with Gasteiger partial charge in [-0.3, -0.25) is 19.3 Å². The number of halogens is 1. The molecule has 3 amide bonds. The van der Waals surface area contributed by atoms with Gasteiger partial charge in [0, 0.05) is 11.6 Å². The van der Waals surface area contributed by atoms with Crippen molar-refractivity contribution in [3.05, 3.63) is 51.8 Å². The average molecular weight is 437 g/mol. The molecule has 3 rings (SSSR count). The van der Waals surface area contributed by atoms with Gasteiger partial charge in [0.1, 0.15) is 23.8 Å². The minimum Gasteiger partial charge on any atom is -0.496 e. The van der Waals surface area contributed by atoms with E-state index in [4.69, 9.17) is 25.5 Å². The number of benzene rings is 1. The van der Waals surface area contributed by atoms with Crippen molar-refractivity contribution in [3.8, 4) is 11.5 Å². The molecule has 1 aromatic heterocycles. The van der Waals surface area contributed by atoms with Crippen molar-refractivity contribution in [2.75, 3.05) is 20.8 Å². The third kappa shape index (κ3) is 4.75. The quantitative estimate of drug-likeness (QED) is 0.665. The fraction of sp³-hybridized carbons (Fsp3) is 0.211. The number of nitrogens with zero attached hydrogens (tertiary/aromatic N) is 1. The minimum atomic E-state index is -0.567. The molecule has 1 aliphatic rings. The van der Waals surface area contributed by atoms with Gasteiger partial charge in [0.05, 0.1) is 37.0 Å². The average Bonchev–Trinajstić information content (AvgIpc) is 3.31. The van der Waals surface area contributed by atoms with Crippen LogP contribution in [0.15, 0.2) is 39.9 Å². The Balaban J connectivity index is 1.73. The van der Waals surface area contributed by atoms with E-state index in [2.05, 4.69) is 5.32 Å². The van der Waals surface area contributed by atoms with Gasteiger partial charge in [0.15, 0.2) is 0 Å². The van der Waals surface area contributed by atoms with Gasteiger partial charge in [0.25, 0.3) is 11.1 Å². The number of hydrogen-bond acceptors (Lipinski definition) is 7. The van der Waals surface area contributed by atoms with Gasteiger partial charge in [-0.05, 0) is 36.0 Å². The molecule has 1 aromatic carbocycles. The first-order valence-electron chi connectivity index (χ1n) is 8.39. The topological polar surface area (TPSA) is 98.1 Å². The highest BCUT2D eigenvalue weighted by Gasteiger charge is 2.36. The molecule has 0 aliphatic carbocycles. The molecule has 29 heavy (non-hydrogen) atoms. The van der Waals surface area contributed by atoms with Gasteiger partial charge >= 0.3 is 0 Å². The molecule has 0 saturated carbocycles. The Morgan fingerprint density at radius 1 is 1.28 bits per heavy atom. The number of thioether (sulfide) groups is 1. The van der Waals surface area contributed by atoms with Crippen molar-refractivity contribution in [3.63, 3.8) is 0 Å². The maximum Gasteiger partial charge on any atom is 0.294 e. The van der Waals surface area contributed by atoms with Crippen LogP contribution in [0.3, 0.4) is 0 Å². The van der Waals surface area contributed by atoms with Crippen LogP contribution in [0.25, 0.3) is 6.08 Å². The Morgan fingerprint density at radius 3 is 2.69 bits per heavy atom. The van der Waals surface area contributed by atoms with Crippen LogP contribution in [-0.2, 0) is 16.1 Å². The van der Waals surface area contributed by atoms with Crippen molar-refractivity contribution in [1.82, 2.24) is 10.2 Å². The molecule has 0 unspecified atom stereocenters. The molecule has 1 fully saturated rings. The second-order valence-corrected chi connectivity index (χ2v) is 7.25. The molecule has 152 valence electrons. The molecule has 0 atom stereocenters. The van der Waals surface area contributed by atoms with E-state index in [9.17, 15) is 14.4 Å². The summed E-state index contributed by atoms with van der Waals surface area (Å²) < 4.78 is 15.6. The van der Waals surface area contributed by atoms with Crippen LogP contribution in [0.5, 0.6) is 11.5 Å². The summed E-state index contributed by atoms with van der Waals surface area (Å²) >= 11 is 6.88. The largest absolute Gasteiger partial charge is 0.496 e. The van der Waals surface area contributed by atoms with Gasteiger partial charge in [-0.1, -0.05) is 11.6 Å². The number of hydrogen-bond donors (Lipinski definition) is 1. The number of nitrogens with one attached hydrogen (secondary N) is 1. The van der Waals surface area contributed by atoms with Gasteiger partial charge in [-0.15, -0.1) is 0 Å². The van der Waals surface area contributed by atoms with Crippen LogP contribution in [0.2, 0.25) is 5.02 Å². The highest BCUT2D eigenvalue weighted by atomic mass is 35.5. The van der Waals surface area contributed by atoms with E-state index in [0.29, 0.717) is 27.8 Å². The molecule has 1 aliphatic heterocycles. The van der Waals surface area contributed by atoms with E-state index in [-0.39, 0.29) is 18.0 Å². The summed E-state index contributed by atoms with van der Waals surface area (Å²) in [4.78, 5) is 38.0. The van der Waals surface area contributed by atoms with Gasteiger partial charge in [-0.25, -0.2) is 0 Å². The molecule has 2 aromatic rings. The van der Waals surface area contributed by atoms with Gasteiger partial charge in [0.2, 0.25) is 5.91 Å². The number of rotatable bonds is 7. The van der Waals surface area contributed by atoms with Crippen LogP contribution in [0, 0.1) is 0 Å². The molecule has 10 heteroatoms. The molecule has 8 nitrogen and oxygen atoms in total. The first kappa shape index (κ1) is 20.8. The van der Waals surface area contributed by atoms with Crippen molar-refractivity contribution >= 4 is 46.5 Å². The Kier molecular flexibility index (Phi) is 6.50. The van der Waals surface area contributed by atoms with Gasteiger partial charge in [-0.2, -0.15) is 0 Å². The van der Waals surface area contributed by atoms with E-state index in [1.54, 1.807) is 24.3 Å². The lowest BCUT2D eigenvalue weighted by Crippen LogP contribution is -2.39. The van der Waals surface area contributed by atoms with Crippen molar-refractivity contribution in [2.24, 2.45) is 0 Å². The Hall–Kier alpha value is -2.91. The second-order valence-electron chi connectivity index (χ2n) is 5.85. The first-order valence-corrected chi connectivity index (χ1v) is 9.58. The zero-order valence-electron chi connectivity index (χ0n) is 15.6. The van der Waals surface area contributed by atoms with Crippen molar-refractivity contribution in [1.29, 1.82) is 0 Å². The lowest BCUT2D eigenvalue weighted by atomic mass is 10.1. The zero-order valence-corrected chi connectivity index (χ0v) is 17.1. The lowest BCUT2D eigenvalue weighted by molar-refractivity contribution is -0.129. The third-order valence-corrected chi connectivity index (χ3v) is 5.21. The third-order valence-electron chi connectivity index (χ3n) is 4.01. The van der Waals surface area contributed by atoms with Gasteiger partial charge < -0.3 is 19.2 Å². The lowest BCUT2D eigenvalue weighted by Gasteiger charge is -2.12. The number of ether oxygens (including phenoxy) is 2. The van der Waals surface area contributed by atoms with Crippen molar-refractivity contribution < 1.29 is 28.3 Å². The Morgan fingerprint density at radius 2 is 2.03 bits per heavy atom. The standard InChI is InChI=1S/C19H17ClN2O6S/c1-26-14-8-15(27-2)13(20)6-11(14)7-16-18(24)22(19(25)29-16)10-17(23)21-9-12-4-3-5-28-12/h3-8H,9-10H2,1-2H3,(H,21,23)/b16-7-. The summed E-state index contributed by atoms with van der Waals surface area (Å²) in [5.41, 5.74) is 0.506. The zero-order chi connectivity index (χ0) is 21.0. The van der Waals surface area contributed by atoms with Crippen LogP contribution >= 0.6 is 23.4 Å². The van der Waals surface area contributed by atoms with E-state index < -0.39 is 17.1 Å². The maximum atomic E-state index is 12.6. The summed E-state index contributed by atoms with van der Waals surface area (Å²) in [6, 6.07) is 6.56. The molecule has 0 radical (unpaired) electrons. The molecule has 2 heterocycles. The molecule has 1 saturated heterocycles. The monoisotopic (exact) mass is 436 g/mol. The van der Waals surface area contributed by atoms with E-state index >= 15 is 0 Å². The summed E-state index contributed by atoms with van der Waals surface area (Å²) in [6.07, 6.45) is 2.98. The second kappa shape index (κ2) is 9.06. The SMILES string of the molecule is COc1cc(OC)c(/C=C2\SC(=O)N(CC(=O)NCc3ccco3)C2=O)cc1Cl. The smallest absolute Gasteiger partial charge is 0.294 e. The molecule has 0 spiro atoms. The number of amides is 3. The number of carbonyl (C=O) groups excluding carboxylic acids is 3. The molecular formula is C19H17ClN2O6S. The predicted octanol–water partition coefficient (Wildman–Crippen LogP) is 3.30. The van der Waals surface area contributed by atoms with Crippen molar-refractivity contribution in [2.45, 2.75) is 6.54 Å². The highest BCUT2D eigenvalue weighted by molar-refractivity contribution is 8.18.